The number of nitrogens with zero attached hydrogens (tertiary/aromatic N) is 2. The number of anilines is 1. The van der Waals surface area contributed by atoms with Crippen molar-refractivity contribution >= 4 is 40.0 Å². The van der Waals surface area contributed by atoms with Crippen LogP contribution in [0, 0.1) is 5.41 Å². The predicted octanol–water partition coefficient (Wildman–Crippen LogP) is 6.14. The second-order valence-corrected chi connectivity index (χ2v) is 10.5. The number of hydrogen-bond donors (Lipinski definition) is 0. The molecule has 40 heavy (non-hydrogen) atoms. The van der Waals surface area contributed by atoms with Gasteiger partial charge < -0.3 is 9.32 Å². The lowest BCUT2D eigenvalue weighted by atomic mass is 9.65. The second kappa shape index (κ2) is 8.20. The molecule has 1 aliphatic carbocycles. The van der Waals surface area contributed by atoms with Crippen molar-refractivity contribution in [2.45, 2.75) is 18.0 Å². The van der Waals surface area contributed by atoms with Crippen molar-refractivity contribution in [1.82, 2.24) is 4.98 Å². The number of ketones is 3. The molecule has 0 N–H and O–H groups in total. The Hall–Kier alpha value is -5.10. The molecular formula is C34H22N2O4. The summed E-state index contributed by atoms with van der Waals surface area (Å²) < 4.78 is 5.97. The van der Waals surface area contributed by atoms with E-state index in [-0.39, 0.29) is 17.3 Å². The number of carbonyl (C=O) groups excluding carboxylic acids is 3. The van der Waals surface area contributed by atoms with Gasteiger partial charge in [0.2, 0.25) is 0 Å². The van der Waals surface area contributed by atoms with Crippen LogP contribution in [-0.4, -0.2) is 34.4 Å². The van der Waals surface area contributed by atoms with E-state index >= 15 is 0 Å². The number of Topliss-reactive ketones (excluding diaryl/α,β-unsaturated/α-hetero) is 3. The van der Waals surface area contributed by atoms with E-state index in [2.05, 4.69) is 0 Å². The van der Waals surface area contributed by atoms with E-state index in [1.54, 1.807) is 54.7 Å². The lowest BCUT2D eigenvalue weighted by Crippen LogP contribution is -2.48. The number of benzene rings is 3. The highest BCUT2D eigenvalue weighted by Crippen LogP contribution is 2.61. The molecule has 6 heteroatoms. The van der Waals surface area contributed by atoms with Crippen LogP contribution in [0.3, 0.4) is 0 Å². The van der Waals surface area contributed by atoms with Gasteiger partial charge in [-0.3, -0.25) is 19.4 Å². The molecule has 0 saturated carbocycles. The largest absolute Gasteiger partial charge is 0.469 e. The number of hydrogen-bond acceptors (Lipinski definition) is 6. The number of rotatable bonds is 3. The van der Waals surface area contributed by atoms with Gasteiger partial charge in [0.1, 0.15) is 17.2 Å². The number of fused-ring (bicyclic) bond motifs is 7. The average molecular weight is 523 g/mol. The summed E-state index contributed by atoms with van der Waals surface area (Å²) in [6.45, 7) is 0. The highest BCUT2D eigenvalue weighted by Gasteiger charge is 2.72. The minimum Gasteiger partial charge on any atom is -0.469 e. The number of aromatic nitrogens is 1. The maximum atomic E-state index is 14.6. The molecule has 0 amide bonds. The van der Waals surface area contributed by atoms with Crippen LogP contribution in [-0.2, 0) is 0 Å². The monoisotopic (exact) mass is 522 g/mol. The van der Waals surface area contributed by atoms with E-state index in [4.69, 9.17) is 9.40 Å². The van der Waals surface area contributed by atoms with Crippen molar-refractivity contribution in [3.8, 4) is 0 Å². The van der Waals surface area contributed by atoms with Crippen molar-refractivity contribution in [3.05, 3.63) is 138 Å². The van der Waals surface area contributed by atoms with Gasteiger partial charge >= 0.3 is 0 Å². The topological polar surface area (TPSA) is 80.5 Å². The van der Waals surface area contributed by atoms with E-state index in [9.17, 15) is 14.4 Å². The van der Waals surface area contributed by atoms with E-state index in [1.807, 2.05) is 59.5 Å². The van der Waals surface area contributed by atoms with Gasteiger partial charge in [-0.2, -0.15) is 0 Å². The van der Waals surface area contributed by atoms with Gasteiger partial charge in [-0.15, -0.1) is 0 Å². The highest BCUT2D eigenvalue weighted by molar-refractivity contribution is 6.32. The number of pyridine rings is 1. The van der Waals surface area contributed by atoms with Crippen LogP contribution in [0.4, 0.5) is 5.69 Å². The lowest BCUT2D eigenvalue weighted by Gasteiger charge is -2.37. The Morgan fingerprint density at radius 1 is 0.825 bits per heavy atom. The highest BCUT2D eigenvalue weighted by atomic mass is 16.3. The molecular weight excluding hydrogens is 500 g/mol. The zero-order valence-electron chi connectivity index (χ0n) is 21.2. The molecule has 0 radical (unpaired) electrons. The smallest absolute Gasteiger partial charge is 0.186 e. The maximum Gasteiger partial charge on any atom is 0.186 e. The molecule has 2 aliphatic heterocycles. The summed E-state index contributed by atoms with van der Waals surface area (Å²) in [6, 6.07) is 25.7. The lowest BCUT2D eigenvalue weighted by molar-refractivity contribution is 0.0652. The second-order valence-electron chi connectivity index (χ2n) is 10.5. The molecule has 8 rings (SSSR count). The minimum absolute atomic E-state index is 0.186. The van der Waals surface area contributed by atoms with Crippen molar-refractivity contribution < 1.29 is 18.8 Å². The molecule has 6 nitrogen and oxygen atoms in total. The standard InChI is InChI=1S/C34H22N2O4/c37-31(22-8-2-1-3-9-22)30-27(25-13-7-19-40-25)34(32(38)23-11-4-5-12-24(23)33(34)39)26-17-16-21-15-14-20-10-6-18-35-28(20)29(21)36(26)30/h1-19,26-27,30H/t26?,27-,30+/m0/s1. The fourth-order valence-corrected chi connectivity index (χ4v) is 7.13. The number of carbonyl (C=O) groups is 3. The predicted molar refractivity (Wildman–Crippen MR) is 151 cm³/mol. The molecule has 4 heterocycles. The molecule has 1 fully saturated rings. The Balaban J connectivity index is 1.48. The third-order valence-electron chi connectivity index (χ3n) is 8.71. The summed E-state index contributed by atoms with van der Waals surface area (Å²) in [5.74, 6) is -1.19. The molecule has 1 saturated heterocycles. The van der Waals surface area contributed by atoms with Crippen LogP contribution in [0.15, 0.2) is 114 Å². The Kier molecular flexibility index (Phi) is 4.68. The first-order chi connectivity index (χ1) is 19.6. The zero-order chi connectivity index (χ0) is 27.0. The van der Waals surface area contributed by atoms with Crippen molar-refractivity contribution in [3.63, 3.8) is 0 Å². The summed E-state index contributed by atoms with van der Waals surface area (Å²) in [7, 11) is 0. The Labute approximate surface area is 229 Å². The van der Waals surface area contributed by atoms with Gasteiger partial charge in [0.05, 0.1) is 29.4 Å². The van der Waals surface area contributed by atoms with Crippen LogP contribution in [0.1, 0.15) is 48.3 Å². The summed E-state index contributed by atoms with van der Waals surface area (Å²) in [5, 5.41) is 0.907. The van der Waals surface area contributed by atoms with Gasteiger partial charge in [-0.1, -0.05) is 84.9 Å². The number of furan rings is 1. The van der Waals surface area contributed by atoms with Crippen molar-refractivity contribution in [1.29, 1.82) is 0 Å². The van der Waals surface area contributed by atoms with Crippen LogP contribution in [0.2, 0.25) is 0 Å². The first-order valence-corrected chi connectivity index (χ1v) is 13.3. The molecule has 0 bridgehead atoms. The molecule has 3 aromatic carbocycles. The normalized spacial score (nSPS) is 22.0. The molecule has 3 atom stereocenters. The van der Waals surface area contributed by atoms with E-state index in [0.717, 1.165) is 16.6 Å². The van der Waals surface area contributed by atoms with E-state index < -0.39 is 23.4 Å². The fourth-order valence-electron chi connectivity index (χ4n) is 7.13. The Morgan fingerprint density at radius 3 is 2.30 bits per heavy atom. The van der Waals surface area contributed by atoms with E-state index in [1.165, 1.54) is 6.26 Å². The quantitative estimate of drug-likeness (QED) is 0.209. The third kappa shape index (κ3) is 2.77. The summed E-state index contributed by atoms with van der Waals surface area (Å²) >= 11 is 0. The van der Waals surface area contributed by atoms with Crippen molar-refractivity contribution in [2.75, 3.05) is 4.90 Å². The minimum atomic E-state index is -1.60. The van der Waals surface area contributed by atoms with Crippen LogP contribution in [0.5, 0.6) is 0 Å². The van der Waals surface area contributed by atoms with Gasteiger partial charge in [0.25, 0.3) is 0 Å². The van der Waals surface area contributed by atoms with Gasteiger partial charge in [0, 0.05) is 28.3 Å². The summed E-state index contributed by atoms with van der Waals surface area (Å²) in [4.78, 5) is 50.6. The molecule has 3 aliphatic rings. The first-order valence-electron chi connectivity index (χ1n) is 13.3. The van der Waals surface area contributed by atoms with E-state index in [0.29, 0.717) is 28.0 Å². The molecule has 5 aromatic rings. The Morgan fingerprint density at radius 2 is 1.57 bits per heavy atom. The maximum absolute atomic E-state index is 14.6. The van der Waals surface area contributed by atoms with Crippen molar-refractivity contribution in [2.24, 2.45) is 5.41 Å². The third-order valence-corrected chi connectivity index (χ3v) is 8.71. The van der Waals surface area contributed by atoms with Gasteiger partial charge in [0.15, 0.2) is 17.3 Å². The summed E-state index contributed by atoms with van der Waals surface area (Å²) in [6.07, 6.45) is 7.11. The first kappa shape index (κ1) is 22.8. The zero-order valence-corrected chi connectivity index (χ0v) is 21.2. The van der Waals surface area contributed by atoms with Crippen LogP contribution < -0.4 is 4.90 Å². The molecule has 1 spiro atoms. The fraction of sp³-hybridized carbons (Fsp3) is 0.118. The molecule has 192 valence electrons. The van der Waals surface area contributed by atoms with Crippen LogP contribution in [0.25, 0.3) is 17.0 Å². The van der Waals surface area contributed by atoms with Crippen LogP contribution >= 0.6 is 0 Å². The average Bonchev–Trinajstić information content (AvgIpc) is 3.70. The molecule has 1 unspecified atom stereocenters. The molecule has 2 aromatic heterocycles. The SMILES string of the molecule is O=C(c1ccccc1)[C@H]1[C@H](c2ccco2)C2(C(=O)c3ccccc3C2=O)C2C=Cc3ccc4cccnc4c3N21. The van der Waals surface area contributed by atoms with Gasteiger partial charge in [-0.05, 0) is 23.8 Å². The summed E-state index contributed by atoms with van der Waals surface area (Å²) in [5.41, 5.74) is 2.00. The van der Waals surface area contributed by atoms with Gasteiger partial charge in [-0.25, -0.2) is 0 Å². The Bertz CT molecular complexity index is 1860.